The first-order chi connectivity index (χ1) is 4.31. The van der Waals surface area contributed by atoms with E-state index in [1.807, 2.05) is 0 Å². The zero-order chi connectivity index (χ0) is 8.41. The molecule has 0 heterocycles. The standard InChI is InChI=1S/C3H7O5PS/c1-2-3-10(7,8)9(4,5)6/h2H,1,3H2,(H2,4,5,6). The van der Waals surface area contributed by atoms with Crippen LogP contribution < -0.4 is 0 Å². The Hall–Kier alpha value is -0.160. The van der Waals surface area contributed by atoms with Crippen molar-refractivity contribution >= 4 is 16.3 Å². The lowest BCUT2D eigenvalue weighted by molar-refractivity contribution is 0.390. The Morgan fingerprint density at radius 2 is 1.90 bits per heavy atom. The summed E-state index contributed by atoms with van der Waals surface area (Å²) in [6.45, 7) is -1.95. The molecule has 0 aliphatic carbocycles. The molecule has 0 atom stereocenters. The molecule has 0 aromatic rings. The fourth-order valence-corrected chi connectivity index (χ4v) is 1.64. The van der Waals surface area contributed by atoms with E-state index >= 15 is 0 Å². The molecule has 0 aromatic carbocycles. The summed E-state index contributed by atoms with van der Waals surface area (Å²) >= 11 is 0. The highest BCUT2D eigenvalue weighted by atomic mass is 32.8. The van der Waals surface area contributed by atoms with Gasteiger partial charge in [-0.05, 0) is 0 Å². The molecule has 0 rings (SSSR count). The summed E-state index contributed by atoms with van der Waals surface area (Å²) in [4.78, 5) is 16.3. The highest BCUT2D eigenvalue weighted by Crippen LogP contribution is 2.43. The minimum atomic E-state index is -4.98. The molecular weight excluding hydrogens is 179 g/mol. The second-order valence-corrected chi connectivity index (χ2v) is 7.10. The molecular formula is C3H7O5PS. The Balaban J connectivity index is 4.78. The molecule has 10 heavy (non-hydrogen) atoms. The quantitative estimate of drug-likeness (QED) is 0.465. The molecule has 7 heteroatoms. The lowest BCUT2D eigenvalue weighted by Crippen LogP contribution is -2.03. The van der Waals surface area contributed by atoms with Gasteiger partial charge in [0.05, 0.1) is 5.75 Å². The van der Waals surface area contributed by atoms with Crippen LogP contribution in [0.3, 0.4) is 0 Å². The molecule has 0 saturated carbocycles. The highest BCUT2D eigenvalue weighted by Gasteiger charge is 2.31. The number of rotatable bonds is 3. The molecule has 0 unspecified atom stereocenters. The smallest absolute Gasteiger partial charge is 0.313 e. The molecule has 0 fully saturated rings. The minimum absolute atomic E-state index is 0.697. The maximum Gasteiger partial charge on any atom is 0.440 e. The predicted molar refractivity (Wildman–Crippen MR) is 36.0 cm³/mol. The normalized spacial score (nSPS) is 13.0. The minimum Gasteiger partial charge on any atom is -0.313 e. The van der Waals surface area contributed by atoms with Crippen LogP contribution in [0.4, 0.5) is 0 Å². The van der Waals surface area contributed by atoms with Crippen molar-refractivity contribution in [3.63, 3.8) is 0 Å². The van der Waals surface area contributed by atoms with Gasteiger partial charge in [-0.15, -0.1) is 6.58 Å². The Morgan fingerprint density at radius 3 is 2.00 bits per heavy atom. The van der Waals surface area contributed by atoms with Gasteiger partial charge >= 0.3 is 6.80 Å². The third-order valence-corrected chi connectivity index (χ3v) is 4.69. The summed E-state index contributed by atoms with van der Waals surface area (Å²) in [6.07, 6.45) is 0.925. The van der Waals surface area contributed by atoms with Crippen molar-refractivity contribution in [3.05, 3.63) is 12.7 Å². The van der Waals surface area contributed by atoms with E-state index in [2.05, 4.69) is 6.58 Å². The predicted octanol–water partition coefficient (Wildman–Crippen LogP) is -0.320. The summed E-state index contributed by atoms with van der Waals surface area (Å²) in [5.74, 6) is -0.697. The van der Waals surface area contributed by atoms with Crippen molar-refractivity contribution in [1.29, 1.82) is 0 Å². The van der Waals surface area contributed by atoms with Crippen molar-refractivity contribution < 1.29 is 22.8 Å². The van der Waals surface area contributed by atoms with Crippen molar-refractivity contribution in [2.75, 3.05) is 5.75 Å². The van der Waals surface area contributed by atoms with Crippen LogP contribution in [-0.4, -0.2) is 24.0 Å². The highest BCUT2D eigenvalue weighted by molar-refractivity contribution is 8.48. The zero-order valence-corrected chi connectivity index (χ0v) is 6.68. The molecule has 0 aliphatic rings. The average molecular weight is 186 g/mol. The van der Waals surface area contributed by atoms with Crippen LogP contribution in [0.15, 0.2) is 12.7 Å². The Morgan fingerprint density at radius 1 is 1.50 bits per heavy atom. The molecule has 2 N–H and O–H groups in total. The molecule has 0 bridgehead atoms. The van der Waals surface area contributed by atoms with Crippen LogP contribution in [0.5, 0.6) is 0 Å². The van der Waals surface area contributed by atoms with Crippen molar-refractivity contribution in [3.8, 4) is 0 Å². The summed E-state index contributed by atoms with van der Waals surface area (Å²) in [6, 6.07) is 0. The summed E-state index contributed by atoms with van der Waals surface area (Å²) < 4.78 is 30.9. The van der Waals surface area contributed by atoms with Gasteiger partial charge in [-0.3, -0.25) is 0 Å². The largest absolute Gasteiger partial charge is 0.440 e. The van der Waals surface area contributed by atoms with Gasteiger partial charge in [-0.25, -0.2) is 13.0 Å². The van der Waals surface area contributed by atoms with Gasteiger partial charge in [0.2, 0.25) is 0 Å². The van der Waals surface area contributed by atoms with Crippen LogP contribution in [0.25, 0.3) is 0 Å². The summed E-state index contributed by atoms with van der Waals surface area (Å²) in [7, 11) is -4.30. The van der Waals surface area contributed by atoms with Crippen LogP contribution in [0, 0.1) is 0 Å². The zero-order valence-electron chi connectivity index (χ0n) is 4.97. The van der Waals surface area contributed by atoms with Gasteiger partial charge in [0.15, 0.2) is 0 Å². The van der Waals surface area contributed by atoms with Crippen LogP contribution in [-0.2, 0) is 14.0 Å². The van der Waals surface area contributed by atoms with Gasteiger partial charge in [-0.2, -0.15) is 0 Å². The maximum atomic E-state index is 10.4. The monoisotopic (exact) mass is 186 g/mol. The molecule has 5 nitrogen and oxygen atoms in total. The molecule has 0 aliphatic heterocycles. The first-order valence-electron chi connectivity index (χ1n) is 2.20. The Labute approximate surface area is 58.2 Å². The Kier molecular flexibility index (Phi) is 2.79. The molecule has 60 valence electrons. The number of hydrogen-bond acceptors (Lipinski definition) is 3. The van der Waals surface area contributed by atoms with Gasteiger partial charge < -0.3 is 9.79 Å². The molecule has 0 aromatic heterocycles. The maximum absolute atomic E-state index is 10.4. The lowest BCUT2D eigenvalue weighted by atomic mass is 10.8. The Bertz CT molecular complexity index is 259. The van der Waals surface area contributed by atoms with E-state index < -0.39 is 22.0 Å². The second-order valence-electron chi connectivity index (χ2n) is 1.53. The van der Waals surface area contributed by atoms with Gasteiger partial charge in [0.1, 0.15) is 0 Å². The van der Waals surface area contributed by atoms with Crippen molar-refractivity contribution in [1.82, 2.24) is 0 Å². The van der Waals surface area contributed by atoms with Gasteiger partial charge in [0, 0.05) is 0 Å². The second kappa shape index (κ2) is 2.84. The van der Waals surface area contributed by atoms with Crippen LogP contribution in [0.1, 0.15) is 0 Å². The van der Waals surface area contributed by atoms with Crippen LogP contribution in [0.2, 0.25) is 0 Å². The van der Waals surface area contributed by atoms with Crippen LogP contribution >= 0.6 is 6.80 Å². The first-order valence-corrected chi connectivity index (χ1v) is 6.07. The van der Waals surface area contributed by atoms with E-state index in [-0.39, 0.29) is 0 Å². The SMILES string of the molecule is C=CCS(=O)(=O)P(=O)(O)O. The molecule has 0 radical (unpaired) electrons. The van der Waals surface area contributed by atoms with E-state index in [1.165, 1.54) is 0 Å². The summed E-state index contributed by atoms with van der Waals surface area (Å²) in [5.41, 5.74) is 0. The van der Waals surface area contributed by atoms with E-state index in [1.54, 1.807) is 0 Å². The van der Waals surface area contributed by atoms with Gasteiger partial charge in [-0.1, -0.05) is 6.08 Å². The van der Waals surface area contributed by atoms with E-state index in [0.717, 1.165) is 6.08 Å². The van der Waals surface area contributed by atoms with Crippen molar-refractivity contribution in [2.45, 2.75) is 0 Å². The molecule has 0 spiro atoms. The number of hydrogen-bond donors (Lipinski definition) is 2. The fourth-order valence-electron chi connectivity index (χ4n) is 0.246. The fraction of sp³-hybridized carbons (Fsp3) is 0.333. The molecule has 0 saturated heterocycles. The summed E-state index contributed by atoms with van der Waals surface area (Å²) in [5, 5.41) is 0. The lowest BCUT2D eigenvalue weighted by Gasteiger charge is -2.00. The first kappa shape index (κ1) is 9.84. The topological polar surface area (TPSA) is 91.7 Å². The van der Waals surface area contributed by atoms with Crippen molar-refractivity contribution in [2.24, 2.45) is 0 Å². The van der Waals surface area contributed by atoms with Gasteiger partial charge in [0.25, 0.3) is 9.46 Å². The third-order valence-electron chi connectivity index (χ3n) is 0.691. The third kappa shape index (κ3) is 2.22. The van der Waals surface area contributed by atoms with E-state index in [9.17, 15) is 13.0 Å². The average Bonchev–Trinajstić information content (AvgIpc) is 1.61. The van der Waals surface area contributed by atoms with E-state index in [0.29, 0.717) is 0 Å². The molecule has 0 amide bonds. The van der Waals surface area contributed by atoms with E-state index in [4.69, 9.17) is 9.79 Å².